The largest absolute Gasteiger partial charge is 0.351 e. The number of aromatic nitrogens is 3. The van der Waals surface area contributed by atoms with Crippen LogP contribution < -0.4 is 5.32 Å². The van der Waals surface area contributed by atoms with Crippen LogP contribution in [-0.2, 0) is 13.6 Å². The van der Waals surface area contributed by atoms with Gasteiger partial charge in [-0.1, -0.05) is 24.3 Å². The second kappa shape index (κ2) is 7.15. The molecule has 1 aliphatic rings. The third kappa shape index (κ3) is 3.27. The zero-order valence-corrected chi connectivity index (χ0v) is 15.3. The minimum Gasteiger partial charge on any atom is -0.351 e. The van der Waals surface area contributed by atoms with E-state index in [2.05, 4.69) is 55.8 Å². The van der Waals surface area contributed by atoms with Gasteiger partial charge in [-0.2, -0.15) is 5.10 Å². The van der Waals surface area contributed by atoms with Gasteiger partial charge in [0.25, 0.3) is 0 Å². The fourth-order valence-corrected chi connectivity index (χ4v) is 3.69. The number of likely N-dealkylation sites (tertiary alicyclic amines) is 1. The number of aliphatic imine (C=N–C) groups is 1. The lowest BCUT2D eigenvalue weighted by molar-refractivity contribution is 0.485. The Hall–Kier alpha value is -2.89. The van der Waals surface area contributed by atoms with Crippen LogP contribution in [0.15, 0.2) is 53.9 Å². The van der Waals surface area contributed by atoms with Crippen LogP contribution >= 0.6 is 0 Å². The van der Waals surface area contributed by atoms with Crippen molar-refractivity contribution in [2.75, 3.05) is 20.1 Å². The van der Waals surface area contributed by atoms with E-state index in [-0.39, 0.29) is 0 Å². The fraction of sp³-hybridized carbons (Fsp3) is 0.350. The first-order chi connectivity index (χ1) is 12.7. The van der Waals surface area contributed by atoms with Crippen molar-refractivity contribution >= 4 is 16.7 Å². The highest BCUT2D eigenvalue weighted by molar-refractivity contribution is 5.85. The number of nitrogens with zero attached hydrogens (tertiary/aromatic N) is 5. The van der Waals surface area contributed by atoms with Gasteiger partial charge in [0.15, 0.2) is 5.96 Å². The fourth-order valence-electron chi connectivity index (χ4n) is 3.69. The van der Waals surface area contributed by atoms with Crippen molar-refractivity contribution in [2.24, 2.45) is 12.0 Å². The Morgan fingerprint density at radius 1 is 1.31 bits per heavy atom. The number of rotatable bonds is 3. The molecule has 6 nitrogen and oxygen atoms in total. The van der Waals surface area contributed by atoms with Crippen LogP contribution in [0, 0.1) is 0 Å². The summed E-state index contributed by atoms with van der Waals surface area (Å²) in [5.41, 5.74) is 2.36. The van der Waals surface area contributed by atoms with Crippen molar-refractivity contribution in [3.05, 3.63) is 60.2 Å². The van der Waals surface area contributed by atoms with Crippen LogP contribution in [0.2, 0.25) is 0 Å². The number of hydrogen-bond donors (Lipinski definition) is 1. The topological polar surface area (TPSA) is 58.3 Å². The van der Waals surface area contributed by atoms with E-state index in [0.717, 1.165) is 31.2 Å². The number of guanidine groups is 1. The van der Waals surface area contributed by atoms with Gasteiger partial charge < -0.3 is 10.2 Å². The highest BCUT2D eigenvalue weighted by Crippen LogP contribution is 2.26. The number of benzene rings is 1. The molecule has 1 N–H and O–H groups in total. The molecular formula is C20H24N6. The number of aryl methyl sites for hydroxylation is 1. The van der Waals surface area contributed by atoms with Gasteiger partial charge in [0.05, 0.1) is 18.4 Å². The van der Waals surface area contributed by atoms with Gasteiger partial charge in [-0.05, 0) is 23.4 Å². The van der Waals surface area contributed by atoms with E-state index >= 15 is 0 Å². The number of hydrogen-bond acceptors (Lipinski definition) is 3. The van der Waals surface area contributed by atoms with Crippen LogP contribution in [0.25, 0.3) is 10.8 Å². The monoisotopic (exact) mass is 348 g/mol. The lowest BCUT2D eigenvalue weighted by atomic mass is 10.0. The summed E-state index contributed by atoms with van der Waals surface area (Å²) in [5, 5.41) is 10.2. The van der Waals surface area contributed by atoms with Gasteiger partial charge in [0.2, 0.25) is 0 Å². The average molecular weight is 348 g/mol. The second-order valence-electron chi connectivity index (χ2n) is 6.76. The molecule has 1 fully saturated rings. The van der Waals surface area contributed by atoms with Gasteiger partial charge in [0, 0.05) is 50.9 Å². The first kappa shape index (κ1) is 16.6. The summed E-state index contributed by atoms with van der Waals surface area (Å²) in [6.07, 6.45) is 7.09. The molecule has 1 aliphatic heterocycles. The zero-order valence-electron chi connectivity index (χ0n) is 15.3. The molecule has 1 saturated heterocycles. The molecular weight excluding hydrogens is 324 g/mol. The quantitative estimate of drug-likeness (QED) is 0.584. The molecule has 1 atom stereocenters. The molecule has 0 bridgehead atoms. The smallest absolute Gasteiger partial charge is 0.193 e. The highest BCUT2D eigenvalue weighted by Gasteiger charge is 2.26. The first-order valence-corrected chi connectivity index (χ1v) is 9.01. The molecule has 134 valence electrons. The predicted octanol–water partition coefficient (Wildman–Crippen LogP) is 2.53. The Morgan fingerprint density at radius 3 is 3.00 bits per heavy atom. The maximum Gasteiger partial charge on any atom is 0.193 e. The SMILES string of the molecule is CN=C(NCc1nccc2ccccc12)N1CCC(c2cnn(C)c2)C1. The van der Waals surface area contributed by atoms with Crippen LogP contribution in [0.1, 0.15) is 23.6 Å². The summed E-state index contributed by atoms with van der Waals surface area (Å²) in [6, 6.07) is 10.4. The molecule has 0 saturated carbocycles. The average Bonchev–Trinajstić information content (AvgIpc) is 3.32. The molecule has 6 heteroatoms. The molecule has 3 aromatic rings. The summed E-state index contributed by atoms with van der Waals surface area (Å²) >= 11 is 0. The Labute approximate surface area is 153 Å². The minimum absolute atomic E-state index is 0.512. The molecule has 0 radical (unpaired) electrons. The molecule has 1 unspecified atom stereocenters. The highest BCUT2D eigenvalue weighted by atomic mass is 15.3. The maximum absolute atomic E-state index is 4.56. The summed E-state index contributed by atoms with van der Waals surface area (Å²) < 4.78 is 1.87. The Balaban J connectivity index is 1.44. The first-order valence-electron chi connectivity index (χ1n) is 9.01. The van der Waals surface area contributed by atoms with E-state index in [1.807, 2.05) is 37.2 Å². The summed E-state index contributed by atoms with van der Waals surface area (Å²) in [5.74, 6) is 1.45. The minimum atomic E-state index is 0.512. The Kier molecular flexibility index (Phi) is 4.56. The van der Waals surface area contributed by atoms with Crippen molar-refractivity contribution in [3.8, 4) is 0 Å². The molecule has 2 aromatic heterocycles. The van der Waals surface area contributed by atoms with Crippen molar-refractivity contribution in [1.82, 2.24) is 25.0 Å². The van der Waals surface area contributed by atoms with Crippen molar-refractivity contribution in [2.45, 2.75) is 18.9 Å². The predicted molar refractivity (Wildman–Crippen MR) is 104 cm³/mol. The van der Waals surface area contributed by atoms with Crippen LogP contribution in [0.5, 0.6) is 0 Å². The number of fused-ring (bicyclic) bond motifs is 1. The molecule has 0 spiro atoms. The van der Waals surface area contributed by atoms with E-state index < -0.39 is 0 Å². The number of pyridine rings is 1. The Morgan fingerprint density at radius 2 is 2.19 bits per heavy atom. The number of nitrogens with one attached hydrogen (secondary N) is 1. The zero-order chi connectivity index (χ0) is 17.9. The lowest BCUT2D eigenvalue weighted by Crippen LogP contribution is -2.39. The summed E-state index contributed by atoms with van der Waals surface area (Å²) in [6.45, 7) is 2.64. The maximum atomic E-state index is 4.56. The molecule has 4 rings (SSSR count). The van der Waals surface area contributed by atoms with E-state index in [1.54, 1.807) is 0 Å². The molecule has 0 aliphatic carbocycles. The van der Waals surface area contributed by atoms with E-state index in [9.17, 15) is 0 Å². The molecule has 3 heterocycles. The third-order valence-electron chi connectivity index (χ3n) is 5.07. The molecule has 26 heavy (non-hydrogen) atoms. The van der Waals surface area contributed by atoms with Gasteiger partial charge >= 0.3 is 0 Å². The normalized spacial score (nSPS) is 17.8. The van der Waals surface area contributed by atoms with Crippen LogP contribution in [0.4, 0.5) is 0 Å². The van der Waals surface area contributed by atoms with E-state index in [1.165, 1.54) is 16.3 Å². The Bertz CT molecular complexity index is 923. The van der Waals surface area contributed by atoms with Crippen LogP contribution in [-0.4, -0.2) is 45.8 Å². The van der Waals surface area contributed by atoms with Gasteiger partial charge in [-0.15, -0.1) is 0 Å². The van der Waals surface area contributed by atoms with Crippen molar-refractivity contribution < 1.29 is 0 Å². The van der Waals surface area contributed by atoms with Crippen molar-refractivity contribution in [3.63, 3.8) is 0 Å². The van der Waals surface area contributed by atoms with Crippen LogP contribution in [0.3, 0.4) is 0 Å². The van der Waals surface area contributed by atoms with E-state index in [4.69, 9.17) is 0 Å². The van der Waals surface area contributed by atoms with Crippen molar-refractivity contribution in [1.29, 1.82) is 0 Å². The third-order valence-corrected chi connectivity index (χ3v) is 5.07. The molecule has 1 aromatic carbocycles. The van der Waals surface area contributed by atoms with Gasteiger partial charge in [-0.25, -0.2) is 0 Å². The standard InChI is InChI=1S/C20H24N6/c1-21-20(26-10-8-16(14-26)17-11-24-25(2)13-17)23-12-19-18-6-4-3-5-15(18)7-9-22-19/h3-7,9,11,13,16H,8,10,12,14H2,1-2H3,(H,21,23). The van der Waals surface area contributed by atoms with Gasteiger partial charge in [0.1, 0.15) is 0 Å². The second-order valence-corrected chi connectivity index (χ2v) is 6.76. The summed E-state index contributed by atoms with van der Waals surface area (Å²) in [7, 11) is 3.81. The van der Waals surface area contributed by atoms with E-state index in [0.29, 0.717) is 12.5 Å². The lowest BCUT2D eigenvalue weighted by Gasteiger charge is -2.21. The molecule has 0 amide bonds. The van der Waals surface area contributed by atoms with Gasteiger partial charge in [-0.3, -0.25) is 14.7 Å². The summed E-state index contributed by atoms with van der Waals surface area (Å²) in [4.78, 5) is 11.4.